The normalized spacial score (nSPS) is 26.0. The topological polar surface area (TPSA) is 52.2 Å². The van der Waals surface area contributed by atoms with E-state index in [0.29, 0.717) is 17.8 Å². The average Bonchev–Trinajstić information content (AvgIpc) is 2.92. The minimum Gasteiger partial charge on any atom is -0.333 e. The van der Waals surface area contributed by atoms with Gasteiger partial charge in [-0.1, -0.05) is 24.6 Å². The molecule has 0 aliphatic carbocycles. The van der Waals surface area contributed by atoms with Crippen molar-refractivity contribution in [1.29, 1.82) is 0 Å². The number of hydrogen-bond acceptors (Lipinski definition) is 3. The number of nitrogens with zero attached hydrogens (tertiary/aromatic N) is 3. The Balaban J connectivity index is 1.66. The first-order valence-corrected chi connectivity index (χ1v) is 8.70. The molecule has 0 unspecified atom stereocenters. The zero-order valence-corrected chi connectivity index (χ0v) is 13.7. The van der Waals surface area contributed by atoms with Crippen molar-refractivity contribution in [3.63, 3.8) is 0 Å². The van der Waals surface area contributed by atoms with Crippen molar-refractivity contribution < 1.29 is 4.79 Å². The Morgan fingerprint density at radius 1 is 1.13 bits per heavy atom. The largest absolute Gasteiger partial charge is 0.333 e. The van der Waals surface area contributed by atoms with E-state index in [4.69, 9.17) is 0 Å². The number of aromatic nitrogens is 2. The molecule has 1 aromatic carbocycles. The Morgan fingerprint density at radius 3 is 2.87 bits per heavy atom. The summed E-state index contributed by atoms with van der Waals surface area (Å²) in [6, 6.07) is 8.71. The van der Waals surface area contributed by atoms with E-state index in [1.165, 1.54) is 19.3 Å². The molecule has 5 nitrogen and oxygen atoms in total. The van der Waals surface area contributed by atoms with E-state index < -0.39 is 0 Å². The van der Waals surface area contributed by atoms with Crippen LogP contribution in [0, 0.1) is 0 Å². The monoisotopic (exact) mass is 312 g/mol. The third-order valence-corrected chi connectivity index (χ3v) is 5.50. The van der Waals surface area contributed by atoms with Crippen molar-refractivity contribution in [1.82, 2.24) is 20.0 Å². The fourth-order valence-electron chi connectivity index (χ4n) is 4.29. The molecule has 2 atom stereocenters. The third-order valence-electron chi connectivity index (χ3n) is 5.50. The summed E-state index contributed by atoms with van der Waals surface area (Å²) in [6.07, 6.45) is 5.84. The smallest absolute Gasteiger partial charge is 0.275 e. The molecule has 1 N–H and O–H groups in total. The van der Waals surface area contributed by atoms with Crippen LogP contribution in [-0.4, -0.2) is 58.1 Å². The van der Waals surface area contributed by atoms with Gasteiger partial charge in [0.05, 0.1) is 5.52 Å². The second-order valence-corrected chi connectivity index (χ2v) is 6.87. The molecule has 2 aliphatic heterocycles. The molecule has 2 saturated heterocycles. The number of H-pyrrole nitrogens is 1. The van der Waals surface area contributed by atoms with Crippen molar-refractivity contribution in [2.24, 2.45) is 0 Å². The molecular formula is C18H24N4O. The fraction of sp³-hybridized carbons (Fsp3) is 0.556. The molecule has 0 spiro atoms. The van der Waals surface area contributed by atoms with E-state index in [0.717, 1.165) is 36.8 Å². The summed E-state index contributed by atoms with van der Waals surface area (Å²) < 4.78 is 0. The zero-order chi connectivity index (χ0) is 15.8. The highest BCUT2D eigenvalue weighted by Crippen LogP contribution is 2.30. The van der Waals surface area contributed by atoms with Crippen LogP contribution in [0.15, 0.2) is 24.3 Å². The van der Waals surface area contributed by atoms with Crippen LogP contribution in [0.5, 0.6) is 0 Å². The van der Waals surface area contributed by atoms with Crippen molar-refractivity contribution in [2.45, 2.75) is 44.2 Å². The molecule has 23 heavy (non-hydrogen) atoms. The number of benzene rings is 1. The Kier molecular flexibility index (Phi) is 3.81. The van der Waals surface area contributed by atoms with E-state index >= 15 is 0 Å². The van der Waals surface area contributed by atoms with Crippen LogP contribution in [0.2, 0.25) is 0 Å². The van der Waals surface area contributed by atoms with Crippen LogP contribution < -0.4 is 0 Å². The predicted molar refractivity (Wildman–Crippen MR) is 90.4 cm³/mol. The Morgan fingerprint density at radius 2 is 1.96 bits per heavy atom. The van der Waals surface area contributed by atoms with Gasteiger partial charge in [0, 0.05) is 24.0 Å². The van der Waals surface area contributed by atoms with Crippen LogP contribution in [0.4, 0.5) is 0 Å². The van der Waals surface area contributed by atoms with E-state index in [9.17, 15) is 4.79 Å². The van der Waals surface area contributed by atoms with Gasteiger partial charge in [0.15, 0.2) is 5.69 Å². The number of para-hydroxylation sites is 1. The van der Waals surface area contributed by atoms with Gasteiger partial charge < -0.3 is 9.80 Å². The lowest BCUT2D eigenvalue weighted by Crippen LogP contribution is -2.55. The molecule has 1 amide bonds. The predicted octanol–water partition coefficient (Wildman–Crippen LogP) is 2.65. The van der Waals surface area contributed by atoms with Gasteiger partial charge in [0.25, 0.3) is 5.91 Å². The molecule has 2 aromatic rings. The van der Waals surface area contributed by atoms with Gasteiger partial charge >= 0.3 is 0 Å². The van der Waals surface area contributed by atoms with Crippen LogP contribution >= 0.6 is 0 Å². The minimum atomic E-state index is 0.0902. The van der Waals surface area contributed by atoms with Crippen molar-refractivity contribution in [2.75, 3.05) is 20.1 Å². The Labute approximate surface area is 136 Å². The molecule has 122 valence electrons. The van der Waals surface area contributed by atoms with Gasteiger partial charge in [-0.3, -0.25) is 9.89 Å². The lowest BCUT2D eigenvalue weighted by atomic mass is 9.92. The summed E-state index contributed by atoms with van der Waals surface area (Å²) in [5, 5.41) is 8.25. The maximum Gasteiger partial charge on any atom is 0.275 e. The van der Waals surface area contributed by atoms with Crippen LogP contribution in [0.1, 0.15) is 42.6 Å². The fourth-order valence-corrected chi connectivity index (χ4v) is 4.29. The first-order chi connectivity index (χ1) is 11.3. The van der Waals surface area contributed by atoms with E-state index in [1.807, 2.05) is 24.3 Å². The molecule has 1 aromatic heterocycles. The van der Waals surface area contributed by atoms with Gasteiger partial charge in [-0.05, 0) is 45.3 Å². The van der Waals surface area contributed by atoms with Crippen LogP contribution in [-0.2, 0) is 0 Å². The number of amides is 1. The molecule has 2 fully saturated rings. The van der Waals surface area contributed by atoms with Crippen LogP contribution in [0.25, 0.3) is 10.9 Å². The number of aromatic amines is 1. The molecule has 0 saturated carbocycles. The highest BCUT2D eigenvalue weighted by atomic mass is 16.2. The number of carbonyl (C=O) groups excluding carboxylic acids is 1. The summed E-state index contributed by atoms with van der Waals surface area (Å²) in [5.74, 6) is 0.0902. The van der Waals surface area contributed by atoms with Gasteiger partial charge in [-0.2, -0.15) is 5.10 Å². The number of carbonyl (C=O) groups is 1. The third kappa shape index (κ3) is 2.53. The maximum atomic E-state index is 13.2. The van der Waals surface area contributed by atoms with Gasteiger partial charge in [-0.15, -0.1) is 0 Å². The molecule has 5 heteroatoms. The molecule has 0 bridgehead atoms. The number of likely N-dealkylation sites (tertiary alicyclic amines) is 2. The van der Waals surface area contributed by atoms with Gasteiger partial charge in [0.2, 0.25) is 0 Å². The Bertz CT molecular complexity index is 710. The van der Waals surface area contributed by atoms with Gasteiger partial charge in [0.1, 0.15) is 0 Å². The van der Waals surface area contributed by atoms with Crippen molar-refractivity contribution in [3.8, 4) is 0 Å². The summed E-state index contributed by atoms with van der Waals surface area (Å²) in [4.78, 5) is 17.7. The zero-order valence-electron chi connectivity index (χ0n) is 13.7. The number of hydrogen-bond donors (Lipinski definition) is 1. The van der Waals surface area contributed by atoms with E-state index in [-0.39, 0.29) is 5.91 Å². The second kappa shape index (κ2) is 5.96. The summed E-state index contributed by atoms with van der Waals surface area (Å²) >= 11 is 0. The lowest BCUT2D eigenvalue weighted by Gasteiger charge is -2.43. The quantitative estimate of drug-likeness (QED) is 0.881. The summed E-state index contributed by atoms with van der Waals surface area (Å²) in [5.41, 5.74) is 1.51. The SMILES string of the molecule is CN1CCCC[C@@H]2[C@H]1CCCN2C(=O)c1n[nH]c2ccccc12. The lowest BCUT2D eigenvalue weighted by molar-refractivity contribution is 0.0391. The van der Waals surface area contributed by atoms with Crippen molar-refractivity contribution >= 4 is 16.8 Å². The molecular weight excluding hydrogens is 288 g/mol. The number of piperidine rings is 1. The van der Waals surface area contributed by atoms with Gasteiger partial charge in [-0.25, -0.2) is 0 Å². The first kappa shape index (κ1) is 14.7. The van der Waals surface area contributed by atoms with Crippen LogP contribution in [0.3, 0.4) is 0 Å². The highest BCUT2D eigenvalue weighted by molar-refractivity contribution is 6.04. The van der Waals surface area contributed by atoms with E-state index in [2.05, 4.69) is 27.0 Å². The average molecular weight is 312 g/mol. The number of nitrogens with one attached hydrogen (secondary N) is 1. The summed E-state index contributed by atoms with van der Waals surface area (Å²) in [7, 11) is 2.21. The number of likely N-dealkylation sites (N-methyl/N-ethyl adjacent to an activating group) is 1. The molecule has 3 heterocycles. The second-order valence-electron chi connectivity index (χ2n) is 6.87. The molecule has 2 aliphatic rings. The number of fused-ring (bicyclic) bond motifs is 2. The molecule has 4 rings (SSSR count). The Hall–Kier alpha value is -1.88. The van der Waals surface area contributed by atoms with E-state index in [1.54, 1.807) is 0 Å². The maximum absolute atomic E-state index is 13.2. The first-order valence-electron chi connectivity index (χ1n) is 8.70. The molecule has 0 radical (unpaired) electrons. The standard InChI is InChI=1S/C18H24N4O/c1-21-11-5-4-9-16-15(21)10-6-12-22(16)18(23)17-13-7-2-3-8-14(13)19-20-17/h2-3,7-8,15-16H,4-6,9-12H2,1H3,(H,19,20)/t15-,16-/m1/s1. The minimum absolute atomic E-state index is 0.0902. The number of rotatable bonds is 1. The highest BCUT2D eigenvalue weighted by Gasteiger charge is 2.38. The van der Waals surface area contributed by atoms with Crippen molar-refractivity contribution in [3.05, 3.63) is 30.0 Å². The summed E-state index contributed by atoms with van der Waals surface area (Å²) in [6.45, 7) is 2.00.